The van der Waals surface area contributed by atoms with E-state index in [1.54, 1.807) is 0 Å². The zero-order chi connectivity index (χ0) is 23.0. The van der Waals surface area contributed by atoms with Crippen molar-refractivity contribution in [2.24, 2.45) is 5.92 Å². The molecule has 1 aromatic rings. The fourth-order valence-electron chi connectivity index (χ4n) is 3.76. The Hall–Kier alpha value is -1.90. The van der Waals surface area contributed by atoms with E-state index in [-0.39, 0.29) is 36.4 Å². The van der Waals surface area contributed by atoms with Crippen molar-refractivity contribution in [3.05, 3.63) is 35.9 Å². The van der Waals surface area contributed by atoms with E-state index in [1.165, 1.54) is 5.01 Å². The molecule has 8 heteroatoms. The molecule has 1 fully saturated rings. The third kappa shape index (κ3) is 7.33. The van der Waals surface area contributed by atoms with Crippen LogP contribution < -0.4 is 10.7 Å². The van der Waals surface area contributed by atoms with Crippen LogP contribution >= 0.6 is 0 Å². The summed E-state index contributed by atoms with van der Waals surface area (Å²) >= 11 is 0. The lowest BCUT2D eigenvalue weighted by atomic mass is 10.00. The molecule has 0 spiro atoms. The summed E-state index contributed by atoms with van der Waals surface area (Å²) in [6.45, 7) is 13.3. The molecule has 3 atom stereocenters. The maximum absolute atomic E-state index is 13.1. The first-order chi connectivity index (χ1) is 14.7. The predicted octanol–water partition coefficient (Wildman–Crippen LogP) is 3.72. The number of urea groups is 1. The van der Waals surface area contributed by atoms with Gasteiger partial charge in [-0.15, -0.1) is 0 Å². The smallest absolute Gasteiger partial charge is 0.333 e. The molecule has 2 rings (SSSR count). The Morgan fingerprint density at radius 2 is 1.81 bits per heavy atom. The van der Waals surface area contributed by atoms with Crippen LogP contribution in [0.25, 0.3) is 0 Å². The minimum atomic E-state index is -1.81. The van der Waals surface area contributed by atoms with Crippen molar-refractivity contribution in [2.45, 2.75) is 77.7 Å². The maximum Gasteiger partial charge on any atom is 0.333 e. The highest BCUT2D eigenvalue weighted by molar-refractivity contribution is 6.77. The second kappa shape index (κ2) is 11.6. The summed E-state index contributed by atoms with van der Waals surface area (Å²) in [5.74, 6) is -0.540. The molecule has 7 nitrogen and oxygen atoms in total. The molecule has 31 heavy (non-hydrogen) atoms. The minimum Gasteiger partial charge on any atom is -0.357 e. The molecule has 0 aromatic heterocycles. The van der Waals surface area contributed by atoms with E-state index < -0.39 is 14.2 Å². The Balaban J connectivity index is 2.33. The summed E-state index contributed by atoms with van der Waals surface area (Å²) in [5, 5.41) is 4.47. The van der Waals surface area contributed by atoms with Gasteiger partial charge in [-0.05, 0) is 31.7 Å². The normalized spacial score (nSPS) is 20.7. The first-order valence-corrected chi connectivity index (χ1v) is 15.0. The number of nitrogens with zero attached hydrogens (tertiary/aromatic N) is 1. The van der Waals surface area contributed by atoms with Gasteiger partial charge in [0.1, 0.15) is 20.1 Å². The molecule has 1 aromatic carbocycles. The van der Waals surface area contributed by atoms with Crippen molar-refractivity contribution in [3.8, 4) is 0 Å². The van der Waals surface area contributed by atoms with Gasteiger partial charge < -0.3 is 14.8 Å². The highest BCUT2D eigenvalue weighted by Crippen LogP contribution is 2.21. The zero-order valence-electron chi connectivity index (χ0n) is 19.8. The van der Waals surface area contributed by atoms with Gasteiger partial charge in [0.15, 0.2) is 0 Å². The Labute approximate surface area is 187 Å². The summed E-state index contributed by atoms with van der Waals surface area (Å²) in [7, 11) is -1.81. The summed E-state index contributed by atoms with van der Waals surface area (Å²) in [6, 6.07) is 9.33. The monoisotopic (exact) mass is 449 g/mol. The van der Waals surface area contributed by atoms with Crippen LogP contribution in [-0.4, -0.2) is 56.2 Å². The van der Waals surface area contributed by atoms with Crippen LogP contribution in [0, 0.1) is 5.92 Å². The number of benzene rings is 1. The van der Waals surface area contributed by atoms with E-state index in [2.05, 4.69) is 30.4 Å². The van der Waals surface area contributed by atoms with Gasteiger partial charge in [0.05, 0.1) is 12.6 Å². The molecule has 3 amide bonds. The van der Waals surface area contributed by atoms with Crippen molar-refractivity contribution >= 4 is 20.0 Å². The van der Waals surface area contributed by atoms with Crippen LogP contribution in [0.1, 0.15) is 39.2 Å². The lowest BCUT2D eigenvalue weighted by molar-refractivity contribution is -0.152. The molecule has 1 saturated heterocycles. The highest BCUT2D eigenvalue weighted by Gasteiger charge is 2.39. The number of hydrogen-bond donors (Lipinski definition) is 2. The zero-order valence-corrected chi connectivity index (χ0v) is 20.8. The molecule has 174 valence electrons. The second-order valence-electron chi connectivity index (χ2n) is 9.17. The average Bonchev–Trinajstić information content (AvgIpc) is 2.87. The SMILES string of the molecule is CCOC(O[C@@H]1CN(C(=O)C(CC)CC)NC(=O)N[C@@H]1Cc1ccccc1)[Si](C)(C)C. The number of carbonyl (C=O) groups is 2. The van der Waals surface area contributed by atoms with Gasteiger partial charge in [0, 0.05) is 12.5 Å². The Morgan fingerprint density at radius 3 is 2.35 bits per heavy atom. The molecule has 0 bridgehead atoms. The first kappa shape index (κ1) is 25.4. The van der Waals surface area contributed by atoms with E-state index in [1.807, 2.05) is 51.1 Å². The summed E-state index contributed by atoms with van der Waals surface area (Å²) in [5.41, 5.74) is 3.84. The summed E-state index contributed by atoms with van der Waals surface area (Å²) in [4.78, 5) is 25.7. The maximum atomic E-state index is 13.1. The fourth-order valence-corrected chi connectivity index (χ4v) is 5.01. The topological polar surface area (TPSA) is 79.9 Å². The first-order valence-electron chi connectivity index (χ1n) is 11.4. The lowest BCUT2D eigenvalue weighted by Gasteiger charge is -2.36. The van der Waals surface area contributed by atoms with Crippen molar-refractivity contribution in [2.75, 3.05) is 13.2 Å². The quantitative estimate of drug-likeness (QED) is 0.421. The summed E-state index contributed by atoms with van der Waals surface area (Å²) < 4.78 is 12.5. The number of carbonyl (C=O) groups excluding carboxylic acids is 2. The van der Waals surface area contributed by atoms with Gasteiger partial charge >= 0.3 is 6.03 Å². The predicted molar refractivity (Wildman–Crippen MR) is 125 cm³/mol. The number of hydrazine groups is 1. The van der Waals surface area contributed by atoms with Gasteiger partial charge in [0.2, 0.25) is 5.91 Å². The molecular formula is C23H39N3O4Si. The second-order valence-corrected chi connectivity index (χ2v) is 14.4. The third-order valence-corrected chi connectivity index (χ3v) is 7.30. The molecule has 0 aliphatic carbocycles. The van der Waals surface area contributed by atoms with Crippen LogP contribution in [0.4, 0.5) is 4.79 Å². The van der Waals surface area contributed by atoms with E-state index >= 15 is 0 Å². The van der Waals surface area contributed by atoms with Crippen molar-refractivity contribution in [3.63, 3.8) is 0 Å². The van der Waals surface area contributed by atoms with Crippen LogP contribution in [-0.2, 0) is 20.7 Å². The van der Waals surface area contributed by atoms with Gasteiger partial charge in [-0.1, -0.05) is 63.8 Å². The Morgan fingerprint density at radius 1 is 1.16 bits per heavy atom. The Bertz CT molecular complexity index is 707. The average molecular weight is 450 g/mol. The number of rotatable bonds is 10. The van der Waals surface area contributed by atoms with Gasteiger partial charge in [0.25, 0.3) is 0 Å². The van der Waals surface area contributed by atoms with Crippen LogP contribution in [0.5, 0.6) is 0 Å². The largest absolute Gasteiger partial charge is 0.357 e. The molecule has 0 radical (unpaired) electrons. The summed E-state index contributed by atoms with van der Waals surface area (Å²) in [6.07, 6.45) is 1.66. The molecule has 0 saturated carbocycles. The van der Waals surface area contributed by atoms with Crippen molar-refractivity contribution in [1.82, 2.24) is 15.8 Å². The van der Waals surface area contributed by atoms with Crippen molar-refractivity contribution in [1.29, 1.82) is 0 Å². The van der Waals surface area contributed by atoms with Crippen LogP contribution in [0.2, 0.25) is 19.6 Å². The van der Waals surface area contributed by atoms with Gasteiger partial charge in [-0.25, -0.2) is 15.2 Å². The van der Waals surface area contributed by atoms with E-state index in [0.717, 1.165) is 18.4 Å². The van der Waals surface area contributed by atoms with E-state index in [4.69, 9.17) is 9.47 Å². The van der Waals surface area contributed by atoms with Crippen molar-refractivity contribution < 1.29 is 19.1 Å². The Kier molecular flexibility index (Phi) is 9.52. The number of nitrogens with one attached hydrogen (secondary N) is 2. The van der Waals surface area contributed by atoms with E-state index in [0.29, 0.717) is 13.0 Å². The number of ether oxygens (including phenoxy) is 2. The third-order valence-electron chi connectivity index (χ3n) is 5.59. The molecule has 1 heterocycles. The van der Waals surface area contributed by atoms with Crippen LogP contribution in [0.15, 0.2) is 30.3 Å². The lowest BCUT2D eigenvalue weighted by Crippen LogP contribution is -2.53. The molecule has 1 aliphatic heterocycles. The van der Waals surface area contributed by atoms with Gasteiger partial charge in [-0.3, -0.25) is 4.79 Å². The standard InChI is InChI=1S/C23H39N3O4Si/c1-7-18(8-2)21(27)26-16-20(30-23(29-9-3)31(4,5)6)19(24-22(28)25-26)15-17-13-11-10-12-14-17/h10-14,18-20,23H,7-9,15-16H2,1-6H3,(H2,24,25,28)/t19-,20-,23?/m1/s1. The van der Waals surface area contributed by atoms with E-state index in [9.17, 15) is 9.59 Å². The minimum absolute atomic E-state index is 0.0740. The molecular weight excluding hydrogens is 410 g/mol. The number of hydrogen-bond acceptors (Lipinski definition) is 4. The highest BCUT2D eigenvalue weighted by atomic mass is 28.3. The molecule has 2 N–H and O–H groups in total. The van der Waals surface area contributed by atoms with Gasteiger partial charge in [-0.2, -0.15) is 0 Å². The molecule has 1 aliphatic rings. The molecule has 1 unspecified atom stereocenters. The van der Waals surface area contributed by atoms with Crippen LogP contribution in [0.3, 0.4) is 0 Å². The fraction of sp³-hybridized carbons (Fsp3) is 0.652. The number of amides is 3.